The number of benzene rings is 1. The van der Waals surface area contributed by atoms with Gasteiger partial charge in [0.05, 0.1) is 26.0 Å². The SMILES string of the molecule is COc1cc(/C=N\NC(=O)c2cccnc2)cc(OC)c1OCC(N)=O. The van der Waals surface area contributed by atoms with Gasteiger partial charge in [0.1, 0.15) is 0 Å². The van der Waals surface area contributed by atoms with Crippen molar-refractivity contribution in [2.45, 2.75) is 0 Å². The standard InChI is InChI=1S/C17H18N4O5/c1-24-13-6-11(7-14(25-2)16(13)26-10-15(18)22)8-20-21-17(23)12-4-3-5-19-9-12/h3-9H,10H2,1-2H3,(H2,18,22)(H,21,23)/b20-8-. The number of carbonyl (C=O) groups is 2. The average molecular weight is 358 g/mol. The molecule has 1 heterocycles. The number of primary amides is 1. The van der Waals surface area contributed by atoms with Crippen LogP contribution in [0.15, 0.2) is 41.8 Å². The first-order valence-corrected chi connectivity index (χ1v) is 7.45. The van der Waals surface area contributed by atoms with E-state index in [4.69, 9.17) is 19.9 Å². The highest BCUT2D eigenvalue weighted by atomic mass is 16.5. The van der Waals surface area contributed by atoms with Crippen molar-refractivity contribution in [3.8, 4) is 17.2 Å². The number of rotatable bonds is 8. The Kier molecular flexibility index (Phi) is 6.49. The molecule has 26 heavy (non-hydrogen) atoms. The Morgan fingerprint density at radius 2 is 1.96 bits per heavy atom. The van der Waals surface area contributed by atoms with Gasteiger partial charge in [0.25, 0.3) is 11.8 Å². The van der Waals surface area contributed by atoms with E-state index in [2.05, 4.69) is 15.5 Å². The van der Waals surface area contributed by atoms with Gasteiger partial charge in [-0.15, -0.1) is 0 Å². The molecule has 0 unspecified atom stereocenters. The first-order valence-electron chi connectivity index (χ1n) is 7.45. The Balaban J connectivity index is 2.16. The summed E-state index contributed by atoms with van der Waals surface area (Å²) in [4.78, 5) is 26.7. The molecule has 9 nitrogen and oxygen atoms in total. The molecule has 1 aromatic heterocycles. The van der Waals surface area contributed by atoms with E-state index in [0.29, 0.717) is 22.6 Å². The molecule has 2 aromatic rings. The summed E-state index contributed by atoms with van der Waals surface area (Å²) in [6, 6.07) is 6.49. The van der Waals surface area contributed by atoms with E-state index in [1.165, 1.54) is 26.6 Å². The number of pyridine rings is 1. The molecular weight excluding hydrogens is 340 g/mol. The van der Waals surface area contributed by atoms with E-state index >= 15 is 0 Å². The van der Waals surface area contributed by atoms with Crippen LogP contribution in [0, 0.1) is 0 Å². The van der Waals surface area contributed by atoms with Crippen LogP contribution in [0.4, 0.5) is 0 Å². The molecule has 3 N–H and O–H groups in total. The number of nitrogens with zero attached hydrogens (tertiary/aromatic N) is 2. The molecule has 0 fully saturated rings. The summed E-state index contributed by atoms with van der Waals surface area (Å²) >= 11 is 0. The van der Waals surface area contributed by atoms with Crippen LogP contribution in [0.3, 0.4) is 0 Å². The second-order valence-corrected chi connectivity index (χ2v) is 4.95. The number of nitrogens with one attached hydrogen (secondary N) is 1. The lowest BCUT2D eigenvalue weighted by atomic mass is 10.2. The van der Waals surface area contributed by atoms with Crippen molar-refractivity contribution in [3.05, 3.63) is 47.8 Å². The summed E-state index contributed by atoms with van der Waals surface area (Å²) < 4.78 is 15.8. The maximum atomic E-state index is 11.9. The Morgan fingerprint density at radius 3 is 2.50 bits per heavy atom. The Morgan fingerprint density at radius 1 is 1.27 bits per heavy atom. The molecule has 0 aliphatic heterocycles. The number of methoxy groups -OCH3 is 2. The van der Waals surface area contributed by atoms with E-state index in [9.17, 15) is 9.59 Å². The molecule has 1 aromatic carbocycles. The molecular formula is C17H18N4O5. The van der Waals surface area contributed by atoms with Gasteiger partial charge in [-0.3, -0.25) is 14.6 Å². The van der Waals surface area contributed by atoms with E-state index in [1.807, 2.05) is 0 Å². The van der Waals surface area contributed by atoms with Crippen LogP contribution >= 0.6 is 0 Å². The van der Waals surface area contributed by atoms with Crippen LogP contribution in [-0.4, -0.2) is 43.8 Å². The topological polar surface area (TPSA) is 125 Å². The van der Waals surface area contributed by atoms with Crippen LogP contribution in [-0.2, 0) is 4.79 Å². The van der Waals surface area contributed by atoms with Crippen LogP contribution in [0.25, 0.3) is 0 Å². The molecule has 2 rings (SSSR count). The summed E-state index contributed by atoms with van der Waals surface area (Å²) in [6.45, 7) is -0.318. The van der Waals surface area contributed by atoms with Crippen LogP contribution < -0.4 is 25.4 Å². The van der Waals surface area contributed by atoms with Gasteiger partial charge in [-0.25, -0.2) is 5.43 Å². The predicted octanol–water partition coefficient (Wildman–Crippen LogP) is 0.727. The van der Waals surface area contributed by atoms with Gasteiger partial charge in [-0.1, -0.05) is 0 Å². The summed E-state index contributed by atoms with van der Waals surface area (Å²) in [5, 5.41) is 3.89. The zero-order valence-corrected chi connectivity index (χ0v) is 14.3. The molecule has 0 saturated carbocycles. The number of hydrogen-bond acceptors (Lipinski definition) is 7. The van der Waals surface area contributed by atoms with E-state index < -0.39 is 11.8 Å². The normalized spacial score (nSPS) is 10.4. The fourth-order valence-electron chi connectivity index (χ4n) is 1.99. The number of hydrogen-bond donors (Lipinski definition) is 2. The molecule has 0 aliphatic rings. The van der Waals surface area contributed by atoms with Gasteiger partial charge in [0.15, 0.2) is 18.1 Å². The predicted molar refractivity (Wildman–Crippen MR) is 93.5 cm³/mol. The van der Waals surface area contributed by atoms with Crippen molar-refractivity contribution in [1.29, 1.82) is 0 Å². The second kappa shape index (κ2) is 9.02. The van der Waals surface area contributed by atoms with E-state index in [1.54, 1.807) is 30.5 Å². The molecule has 136 valence electrons. The number of nitrogens with two attached hydrogens (primary N) is 1. The van der Waals surface area contributed by atoms with Crippen molar-refractivity contribution in [3.63, 3.8) is 0 Å². The van der Waals surface area contributed by atoms with Crippen molar-refractivity contribution in [2.24, 2.45) is 10.8 Å². The first-order chi connectivity index (χ1) is 12.5. The van der Waals surface area contributed by atoms with Gasteiger partial charge < -0.3 is 19.9 Å². The minimum Gasteiger partial charge on any atom is -0.493 e. The number of hydrazone groups is 1. The average Bonchev–Trinajstić information content (AvgIpc) is 2.66. The van der Waals surface area contributed by atoms with Gasteiger partial charge in [0, 0.05) is 18.0 Å². The van der Waals surface area contributed by atoms with Gasteiger partial charge in [-0.05, 0) is 24.3 Å². The fourth-order valence-corrected chi connectivity index (χ4v) is 1.99. The number of carbonyl (C=O) groups excluding carboxylic acids is 2. The second-order valence-electron chi connectivity index (χ2n) is 4.95. The van der Waals surface area contributed by atoms with Gasteiger partial charge in [-0.2, -0.15) is 5.10 Å². The molecule has 9 heteroatoms. The van der Waals surface area contributed by atoms with Crippen LogP contribution in [0.1, 0.15) is 15.9 Å². The van der Waals surface area contributed by atoms with Crippen molar-refractivity contribution in [2.75, 3.05) is 20.8 Å². The lowest BCUT2D eigenvalue weighted by Gasteiger charge is -2.14. The van der Waals surface area contributed by atoms with Gasteiger partial charge >= 0.3 is 0 Å². The van der Waals surface area contributed by atoms with Gasteiger partial charge in [0.2, 0.25) is 5.75 Å². The van der Waals surface area contributed by atoms with Crippen molar-refractivity contribution < 1.29 is 23.8 Å². The van der Waals surface area contributed by atoms with Crippen LogP contribution in [0.5, 0.6) is 17.2 Å². The minimum atomic E-state index is -0.627. The third kappa shape index (κ3) is 4.94. The molecule has 0 bridgehead atoms. The quantitative estimate of drug-likeness (QED) is 0.529. The highest BCUT2D eigenvalue weighted by molar-refractivity contribution is 5.94. The highest BCUT2D eigenvalue weighted by Crippen LogP contribution is 2.38. The maximum absolute atomic E-state index is 11.9. The molecule has 0 radical (unpaired) electrons. The lowest BCUT2D eigenvalue weighted by Crippen LogP contribution is -2.20. The number of ether oxygens (including phenoxy) is 3. The monoisotopic (exact) mass is 358 g/mol. The van der Waals surface area contributed by atoms with Crippen molar-refractivity contribution >= 4 is 18.0 Å². The third-order valence-electron chi connectivity index (χ3n) is 3.15. The summed E-state index contributed by atoms with van der Waals surface area (Å²) in [5.74, 6) is -0.130. The number of aromatic nitrogens is 1. The molecule has 0 spiro atoms. The smallest absolute Gasteiger partial charge is 0.272 e. The third-order valence-corrected chi connectivity index (χ3v) is 3.15. The molecule has 0 atom stereocenters. The maximum Gasteiger partial charge on any atom is 0.272 e. The lowest BCUT2D eigenvalue weighted by molar-refractivity contribution is -0.120. The Hall–Kier alpha value is -3.62. The fraction of sp³-hybridized carbons (Fsp3) is 0.176. The minimum absolute atomic E-state index is 0.241. The van der Waals surface area contributed by atoms with E-state index in [0.717, 1.165) is 0 Å². The van der Waals surface area contributed by atoms with E-state index in [-0.39, 0.29) is 12.4 Å². The highest BCUT2D eigenvalue weighted by Gasteiger charge is 2.14. The first kappa shape index (κ1) is 18.7. The summed E-state index contributed by atoms with van der Waals surface area (Å²) in [6.07, 6.45) is 4.42. The summed E-state index contributed by atoms with van der Waals surface area (Å²) in [5.41, 5.74) is 8.44. The zero-order valence-electron chi connectivity index (χ0n) is 14.3. The Bertz CT molecular complexity index is 783. The molecule has 0 saturated heterocycles. The number of amides is 2. The molecule has 0 aliphatic carbocycles. The summed E-state index contributed by atoms with van der Waals surface area (Å²) in [7, 11) is 2.88. The van der Waals surface area contributed by atoms with Crippen LogP contribution in [0.2, 0.25) is 0 Å². The zero-order chi connectivity index (χ0) is 18.9. The van der Waals surface area contributed by atoms with Crippen molar-refractivity contribution in [1.82, 2.24) is 10.4 Å². The Labute approximate surface area is 149 Å². The molecule has 2 amide bonds. The largest absolute Gasteiger partial charge is 0.493 e.